The minimum absolute atomic E-state index is 0.132. The molecule has 0 aliphatic heterocycles. The maximum Gasteiger partial charge on any atom is 0.119 e. The highest BCUT2D eigenvalue weighted by atomic mass is 16.5. The lowest BCUT2D eigenvalue weighted by Crippen LogP contribution is -2.32. The number of fused-ring (bicyclic) bond motifs is 1. The Labute approximate surface area is 113 Å². The summed E-state index contributed by atoms with van der Waals surface area (Å²) in [6, 6.07) is 8.22. The molecule has 0 radical (unpaired) electrons. The van der Waals surface area contributed by atoms with Crippen molar-refractivity contribution in [1.29, 1.82) is 0 Å². The van der Waals surface area contributed by atoms with Crippen molar-refractivity contribution >= 4 is 10.9 Å². The molecule has 0 bridgehead atoms. The van der Waals surface area contributed by atoms with Gasteiger partial charge in [0, 0.05) is 23.5 Å². The topological polar surface area (TPSA) is 48.1 Å². The van der Waals surface area contributed by atoms with Gasteiger partial charge in [0.2, 0.25) is 0 Å². The molecule has 0 amide bonds. The average Bonchev–Trinajstić information content (AvgIpc) is 2.96. The fourth-order valence-corrected chi connectivity index (χ4v) is 3.35. The van der Waals surface area contributed by atoms with Crippen molar-refractivity contribution in [2.45, 2.75) is 31.1 Å². The van der Waals surface area contributed by atoms with Crippen LogP contribution < -0.4 is 10.5 Å². The molecule has 1 aromatic heterocycles. The molecule has 3 rings (SSSR count). The first-order valence-corrected chi connectivity index (χ1v) is 6.92. The van der Waals surface area contributed by atoms with Gasteiger partial charge in [-0.15, -0.1) is 0 Å². The van der Waals surface area contributed by atoms with E-state index in [0.717, 1.165) is 11.3 Å². The summed E-state index contributed by atoms with van der Waals surface area (Å²) in [7, 11) is 1.70. The lowest BCUT2D eigenvalue weighted by atomic mass is 9.77. The highest BCUT2D eigenvalue weighted by Gasteiger charge is 2.35. The van der Waals surface area contributed by atoms with Crippen LogP contribution in [0.15, 0.2) is 30.5 Å². The summed E-state index contributed by atoms with van der Waals surface area (Å²) >= 11 is 0. The first kappa shape index (κ1) is 12.4. The Hall–Kier alpha value is -1.61. The molecule has 19 heavy (non-hydrogen) atoms. The number of hydrogen-bond acceptors (Lipinski definition) is 3. The van der Waals surface area contributed by atoms with Gasteiger partial charge in [-0.25, -0.2) is 0 Å². The third-order valence-corrected chi connectivity index (χ3v) is 4.47. The molecule has 0 saturated heterocycles. The summed E-state index contributed by atoms with van der Waals surface area (Å²) in [6.45, 7) is 0.712. The van der Waals surface area contributed by atoms with E-state index in [1.54, 1.807) is 7.11 Å². The Morgan fingerprint density at radius 2 is 2.05 bits per heavy atom. The van der Waals surface area contributed by atoms with Crippen LogP contribution in [-0.2, 0) is 5.41 Å². The SMILES string of the molecule is COc1ccc2nccc(C3(CN)CCCC3)c2c1. The van der Waals surface area contributed by atoms with Crippen LogP contribution in [0.5, 0.6) is 5.75 Å². The molecular weight excluding hydrogens is 236 g/mol. The number of hydrogen-bond donors (Lipinski definition) is 1. The van der Waals surface area contributed by atoms with E-state index in [1.807, 2.05) is 18.3 Å². The van der Waals surface area contributed by atoms with E-state index in [0.29, 0.717) is 6.54 Å². The van der Waals surface area contributed by atoms with Gasteiger partial charge in [0.1, 0.15) is 5.75 Å². The molecule has 1 aromatic carbocycles. The molecular formula is C16H20N2O. The van der Waals surface area contributed by atoms with Crippen LogP contribution in [0, 0.1) is 0 Å². The first-order chi connectivity index (χ1) is 9.29. The highest BCUT2D eigenvalue weighted by molar-refractivity contribution is 5.84. The Balaban J connectivity index is 2.22. The van der Waals surface area contributed by atoms with Gasteiger partial charge < -0.3 is 10.5 Å². The van der Waals surface area contributed by atoms with Crippen molar-refractivity contribution in [1.82, 2.24) is 4.98 Å². The zero-order valence-corrected chi connectivity index (χ0v) is 11.4. The lowest BCUT2D eigenvalue weighted by molar-refractivity contribution is 0.415. The summed E-state index contributed by atoms with van der Waals surface area (Å²) in [4.78, 5) is 4.46. The van der Waals surface area contributed by atoms with E-state index in [1.165, 1.54) is 36.6 Å². The molecule has 2 N–H and O–H groups in total. The summed E-state index contributed by atoms with van der Waals surface area (Å²) in [5, 5.41) is 1.19. The standard InChI is InChI=1S/C16H20N2O/c1-19-12-4-5-15-13(10-12)14(6-9-18-15)16(11-17)7-2-3-8-16/h4-6,9-10H,2-3,7-8,11,17H2,1H3. The van der Waals surface area contributed by atoms with E-state index in [2.05, 4.69) is 17.1 Å². The van der Waals surface area contributed by atoms with Crippen molar-refractivity contribution in [3.63, 3.8) is 0 Å². The molecule has 1 saturated carbocycles. The smallest absolute Gasteiger partial charge is 0.119 e. The van der Waals surface area contributed by atoms with Crippen molar-refractivity contribution in [2.75, 3.05) is 13.7 Å². The van der Waals surface area contributed by atoms with Crippen molar-refractivity contribution in [2.24, 2.45) is 5.73 Å². The zero-order chi connectivity index (χ0) is 13.3. The lowest BCUT2D eigenvalue weighted by Gasteiger charge is -2.29. The fraction of sp³-hybridized carbons (Fsp3) is 0.438. The summed E-state index contributed by atoms with van der Waals surface area (Å²) in [5.74, 6) is 0.881. The van der Waals surface area contributed by atoms with Crippen LogP contribution >= 0.6 is 0 Å². The zero-order valence-electron chi connectivity index (χ0n) is 11.4. The first-order valence-electron chi connectivity index (χ1n) is 6.92. The number of pyridine rings is 1. The fourth-order valence-electron chi connectivity index (χ4n) is 3.35. The Bertz CT molecular complexity index is 588. The van der Waals surface area contributed by atoms with E-state index in [-0.39, 0.29) is 5.41 Å². The van der Waals surface area contributed by atoms with Gasteiger partial charge in [-0.2, -0.15) is 0 Å². The predicted molar refractivity (Wildman–Crippen MR) is 77.5 cm³/mol. The van der Waals surface area contributed by atoms with Gasteiger partial charge in [0.05, 0.1) is 12.6 Å². The summed E-state index contributed by atoms with van der Waals surface area (Å²) in [5.41, 5.74) is 8.61. The van der Waals surface area contributed by atoms with Crippen LogP contribution in [0.1, 0.15) is 31.2 Å². The van der Waals surface area contributed by atoms with Crippen molar-refractivity contribution in [3.05, 3.63) is 36.0 Å². The minimum Gasteiger partial charge on any atom is -0.497 e. The molecule has 1 aliphatic rings. The van der Waals surface area contributed by atoms with Crippen LogP contribution in [0.3, 0.4) is 0 Å². The Morgan fingerprint density at radius 3 is 2.74 bits per heavy atom. The number of nitrogens with two attached hydrogens (primary N) is 1. The minimum atomic E-state index is 0.132. The van der Waals surface area contributed by atoms with Gasteiger partial charge in [-0.05, 0) is 42.7 Å². The molecule has 0 atom stereocenters. The maximum absolute atomic E-state index is 6.11. The number of aromatic nitrogens is 1. The van der Waals surface area contributed by atoms with E-state index >= 15 is 0 Å². The molecule has 1 fully saturated rings. The monoisotopic (exact) mass is 256 g/mol. The van der Waals surface area contributed by atoms with Crippen molar-refractivity contribution < 1.29 is 4.74 Å². The normalized spacial score (nSPS) is 17.8. The van der Waals surface area contributed by atoms with Crippen LogP contribution in [0.2, 0.25) is 0 Å². The van der Waals surface area contributed by atoms with Crippen LogP contribution in [-0.4, -0.2) is 18.6 Å². The van der Waals surface area contributed by atoms with Gasteiger partial charge in [0.15, 0.2) is 0 Å². The Kier molecular flexibility index (Phi) is 3.15. The second kappa shape index (κ2) is 4.82. The molecule has 100 valence electrons. The molecule has 0 unspecified atom stereocenters. The number of nitrogens with zero attached hydrogens (tertiary/aromatic N) is 1. The molecule has 3 heteroatoms. The summed E-state index contributed by atoms with van der Waals surface area (Å²) in [6.07, 6.45) is 6.80. The summed E-state index contributed by atoms with van der Waals surface area (Å²) < 4.78 is 5.35. The van der Waals surface area contributed by atoms with Crippen LogP contribution in [0.4, 0.5) is 0 Å². The second-order valence-electron chi connectivity index (χ2n) is 5.43. The Morgan fingerprint density at radius 1 is 1.26 bits per heavy atom. The van der Waals surface area contributed by atoms with Gasteiger partial charge in [-0.1, -0.05) is 12.8 Å². The van der Waals surface area contributed by atoms with E-state index in [9.17, 15) is 0 Å². The average molecular weight is 256 g/mol. The van der Waals surface area contributed by atoms with Crippen molar-refractivity contribution in [3.8, 4) is 5.75 Å². The predicted octanol–water partition coefficient (Wildman–Crippen LogP) is 3.01. The number of ether oxygens (including phenoxy) is 1. The third-order valence-electron chi connectivity index (χ3n) is 4.47. The number of rotatable bonds is 3. The van der Waals surface area contributed by atoms with E-state index in [4.69, 9.17) is 10.5 Å². The maximum atomic E-state index is 6.11. The van der Waals surface area contributed by atoms with Crippen LogP contribution in [0.25, 0.3) is 10.9 Å². The molecule has 1 heterocycles. The van der Waals surface area contributed by atoms with Gasteiger partial charge >= 0.3 is 0 Å². The van der Waals surface area contributed by atoms with E-state index < -0.39 is 0 Å². The number of benzene rings is 1. The highest BCUT2D eigenvalue weighted by Crippen LogP contribution is 2.43. The van der Waals surface area contributed by atoms with Gasteiger partial charge in [0.25, 0.3) is 0 Å². The largest absolute Gasteiger partial charge is 0.497 e. The third kappa shape index (κ3) is 1.98. The number of methoxy groups -OCH3 is 1. The quantitative estimate of drug-likeness (QED) is 0.918. The molecule has 1 aliphatic carbocycles. The second-order valence-corrected chi connectivity index (χ2v) is 5.43. The molecule has 0 spiro atoms. The molecule has 3 nitrogen and oxygen atoms in total. The molecule has 2 aromatic rings. The van der Waals surface area contributed by atoms with Gasteiger partial charge in [-0.3, -0.25) is 4.98 Å².